The van der Waals surface area contributed by atoms with E-state index in [4.69, 9.17) is 4.74 Å². The summed E-state index contributed by atoms with van der Waals surface area (Å²) in [6, 6.07) is 15.5. The number of rotatable bonds is 3. The second-order valence-electron chi connectivity index (χ2n) is 9.52. The van der Waals surface area contributed by atoms with Crippen LogP contribution in [0, 0.1) is 0 Å². The number of carbonyl (C=O) groups is 2. The molecule has 6 rings (SSSR count). The molecule has 2 aliphatic heterocycles. The fourth-order valence-corrected chi connectivity index (χ4v) is 6.12. The maximum absolute atomic E-state index is 13.9. The topological polar surface area (TPSA) is 65.6 Å². The van der Waals surface area contributed by atoms with E-state index in [9.17, 15) is 9.59 Å². The minimum atomic E-state index is -0.466. The summed E-state index contributed by atoms with van der Waals surface area (Å²) in [6.07, 6.45) is 6.06. The molecule has 6 heteroatoms. The summed E-state index contributed by atoms with van der Waals surface area (Å²) in [5.41, 5.74) is 4.20. The first-order valence-corrected chi connectivity index (χ1v) is 12.0. The first-order valence-electron chi connectivity index (χ1n) is 12.0. The van der Waals surface area contributed by atoms with Gasteiger partial charge in [0.2, 0.25) is 11.8 Å². The van der Waals surface area contributed by atoms with Gasteiger partial charge in [-0.15, -0.1) is 0 Å². The van der Waals surface area contributed by atoms with Gasteiger partial charge in [-0.25, -0.2) is 0 Å². The molecule has 3 aliphatic rings. The van der Waals surface area contributed by atoms with Crippen LogP contribution >= 0.6 is 0 Å². The van der Waals surface area contributed by atoms with Gasteiger partial charge < -0.3 is 19.5 Å². The lowest BCUT2D eigenvalue weighted by molar-refractivity contribution is -0.161. The highest BCUT2D eigenvalue weighted by Crippen LogP contribution is 2.43. The van der Waals surface area contributed by atoms with Crippen LogP contribution in [0.5, 0.6) is 5.75 Å². The number of fused-ring (bicyclic) bond motifs is 4. The Hall–Kier alpha value is -3.28. The second-order valence-corrected chi connectivity index (χ2v) is 9.52. The first kappa shape index (κ1) is 20.3. The molecule has 0 radical (unpaired) electrons. The van der Waals surface area contributed by atoms with Crippen molar-refractivity contribution in [2.24, 2.45) is 0 Å². The zero-order chi connectivity index (χ0) is 22.5. The van der Waals surface area contributed by atoms with E-state index in [1.54, 1.807) is 7.11 Å². The highest BCUT2D eigenvalue weighted by molar-refractivity contribution is 5.97. The minimum Gasteiger partial charge on any atom is -0.497 e. The van der Waals surface area contributed by atoms with Gasteiger partial charge in [0.05, 0.1) is 13.2 Å². The number of para-hydroxylation sites is 1. The van der Waals surface area contributed by atoms with E-state index in [-0.39, 0.29) is 30.4 Å². The van der Waals surface area contributed by atoms with E-state index >= 15 is 0 Å². The van der Waals surface area contributed by atoms with Gasteiger partial charge >= 0.3 is 0 Å². The van der Waals surface area contributed by atoms with Crippen LogP contribution in [0.2, 0.25) is 0 Å². The van der Waals surface area contributed by atoms with Crippen molar-refractivity contribution >= 4 is 22.7 Å². The number of hydrogen-bond acceptors (Lipinski definition) is 3. The van der Waals surface area contributed by atoms with E-state index in [2.05, 4.69) is 17.1 Å². The molecule has 3 heterocycles. The summed E-state index contributed by atoms with van der Waals surface area (Å²) in [5, 5.41) is 1.14. The maximum Gasteiger partial charge on any atom is 0.246 e. The first-order chi connectivity index (χ1) is 16.2. The molecule has 2 atom stereocenters. The number of aromatic nitrogens is 1. The van der Waals surface area contributed by atoms with Gasteiger partial charge in [-0.2, -0.15) is 0 Å². The molecule has 3 aromatic rings. The Labute approximate surface area is 193 Å². The molecule has 1 saturated carbocycles. The average Bonchev–Trinajstić information content (AvgIpc) is 3.24. The van der Waals surface area contributed by atoms with E-state index in [1.807, 2.05) is 46.2 Å². The van der Waals surface area contributed by atoms with Crippen LogP contribution in [0.4, 0.5) is 0 Å². The van der Waals surface area contributed by atoms with Crippen molar-refractivity contribution < 1.29 is 14.3 Å². The van der Waals surface area contributed by atoms with Gasteiger partial charge in [-0.05, 0) is 42.2 Å². The molecule has 6 nitrogen and oxygen atoms in total. The number of carbonyl (C=O) groups excluding carboxylic acids is 2. The van der Waals surface area contributed by atoms with Crippen LogP contribution in [0.25, 0.3) is 10.9 Å². The molecule has 2 aromatic carbocycles. The van der Waals surface area contributed by atoms with Crippen LogP contribution in [-0.2, 0) is 16.0 Å². The predicted octanol–water partition coefficient (Wildman–Crippen LogP) is 4.19. The van der Waals surface area contributed by atoms with Crippen molar-refractivity contribution in [3.8, 4) is 5.75 Å². The van der Waals surface area contributed by atoms with Crippen molar-refractivity contribution in [3.63, 3.8) is 0 Å². The Morgan fingerprint density at radius 2 is 1.73 bits per heavy atom. The van der Waals surface area contributed by atoms with Gasteiger partial charge in [0.25, 0.3) is 0 Å². The smallest absolute Gasteiger partial charge is 0.246 e. The number of H-pyrrole nitrogens is 1. The zero-order valence-corrected chi connectivity index (χ0v) is 18.9. The third kappa shape index (κ3) is 3.23. The molecule has 1 aliphatic carbocycles. The van der Waals surface area contributed by atoms with Crippen molar-refractivity contribution in [1.29, 1.82) is 0 Å². The molecular formula is C27H29N3O3. The predicted molar refractivity (Wildman–Crippen MR) is 126 cm³/mol. The Kier molecular flexibility index (Phi) is 4.89. The summed E-state index contributed by atoms with van der Waals surface area (Å²) in [7, 11) is 1.65. The van der Waals surface area contributed by atoms with Crippen molar-refractivity contribution in [1.82, 2.24) is 14.8 Å². The van der Waals surface area contributed by atoms with Crippen LogP contribution in [0.3, 0.4) is 0 Å². The molecule has 1 N–H and O–H groups in total. The molecule has 2 fully saturated rings. The van der Waals surface area contributed by atoms with Crippen LogP contribution in [0.15, 0.2) is 48.5 Å². The molecule has 1 unspecified atom stereocenters. The largest absolute Gasteiger partial charge is 0.497 e. The molecule has 1 aromatic heterocycles. The standard InChI is InChI=1S/C27H29N3O3/c1-33-19-13-11-17(12-14-19)26-25-21(20-9-5-6-10-22(20)28-25)15-23-27(32)29(16-24(31)30(23)26)18-7-3-2-4-8-18/h5-6,9-14,18,23,26,28H,2-4,7-8,15-16H2,1H3/t23-,26?/m1/s1. The number of hydrogen-bond donors (Lipinski definition) is 1. The lowest BCUT2D eigenvalue weighted by Gasteiger charge is -2.49. The molecular weight excluding hydrogens is 414 g/mol. The van der Waals surface area contributed by atoms with E-state index in [0.29, 0.717) is 6.42 Å². The zero-order valence-electron chi connectivity index (χ0n) is 18.9. The summed E-state index contributed by atoms with van der Waals surface area (Å²) >= 11 is 0. The fourth-order valence-electron chi connectivity index (χ4n) is 6.12. The lowest BCUT2D eigenvalue weighted by Crippen LogP contribution is -2.64. The van der Waals surface area contributed by atoms with Gasteiger partial charge in [0.15, 0.2) is 0 Å². The van der Waals surface area contributed by atoms with Gasteiger partial charge in [-0.3, -0.25) is 9.59 Å². The maximum atomic E-state index is 13.9. The summed E-state index contributed by atoms with van der Waals surface area (Å²) < 4.78 is 5.35. The molecule has 0 spiro atoms. The monoisotopic (exact) mass is 443 g/mol. The van der Waals surface area contributed by atoms with Crippen LogP contribution in [0.1, 0.15) is 55.0 Å². The van der Waals surface area contributed by atoms with Crippen molar-refractivity contribution in [2.45, 2.75) is 56.7 Å². The highest BCUT2D eigenvalue weighted by Gasteiger charge is 2.49. The van der Waals surface area contributed by atoms with E-state index in [1.165, 1.54) is 6.42 Å². The van der Waals surface area contributed by atoms with Gasteiger partial charge in [-0.1, -0.05) is 49.6 Å². The molecule has 0 bridgehead atoms. The number of nitrogens with one attached hydrogen (secondary N) is 1. The SMILES string of the molecule is COc1ccc(C2c3[nH]c4ccccc4c3C[C@@H]3C(=O)N(C4CCCCC4)CC(=O)N23)cc1. The van der Waals surface area contributed by atoms with Crippen LogP contribution < -0.4 is 4.74 Å². The van der Waals surface area contributed by atoms with Crippen molar-refractivity contribution in [3.05, 3.63) is 65.4 Å². The fraction of sp³-hybridized carbons (Fsp3) is 0.407. The Balaban J connectivity index is 1.47. The Morgan fingerprint density at radius 3 is 2.48 bits per heavy atom. The number of ether oxygens (including phenoxy) is 1. The van der Waals surface area contributed by atoms with Crippen LogP contribution in [-0.4, -0.2) is 52.3 Å². The molecule has 33 heavy (non-hydrogen) atoms. The number of piperazine rings is 1. The summed E-state index contributed by atoms with van der Waals surface area (Å²) in [4.78, 5) is 34.8. The molecule has 2 amide bonds. The molecule has 170 valence electrons. The average molecular weight is 444 g/mol. The van der Waals surface area contributed by atoms with E-state index in [0.717, 1.165) is 59.2 Å². The normalized spacial score (nSPS) is 23.5. The minimum absolute atomic E-state index is 0.0373. The van der Waals surface area contributed by atoms with Gasteiger partial charge in [0.1, 0.15) is 18.3 Å². The van der Waals surface area contributed by atoms with Gasteiger partial charge in [0, 0.05) is 29.1 Å². The highest BCUT2D eigenvalue weighted by atomic mass is 16.5. The summed E-state index contributed by atoms with van der Waals surface area (Å²) in [6.45, 7) is 0.183. The lowest BCUT2D eigenvalue weighted by atomic mass is 9.85. The second kappa shape index (κ2) is 7.94. The number of methoxy groups -OCH3 is 1. The third-order valence-electron chi connectivity index (χ3n) is 7.74. The Morgan fingerprint density at radius 1 is 0.970 bits per heavy atom. The summed E-state index contributed by atoms with van der Waals surface area (Å²) in [5.74, 6) is 0.916. The number of amides is 2. The number of benzene rings is 2. The number of nitrogens with zero attached hydrogens (tertiary/aromatic N) is 2. The quantitative estimate of drug-likeness (QED) is 0.660. The molecule has 1 saturated heterocycles. The number of aromatic amines is 1. The van der Waals surface area contributed by atoms with E-state index < -0.39 is 6.04 Å². The Bertz CT molecular complexity index is 1210. The third-order valence-corrected chi connectivity index (χ3v) is 7.74. The van der Waals surface area contributed by atoms with Crippen molar-refractivity contribution in [2.75, 3.05) is 13.7 Å².